The molecule has 0 bridgehead atoms. The van der Waals surface area contributed by atoms with Gasteiger partial charge in [-0.2, -0.15) is 0 Å². The average molecular weight is 272 g/mol. The molecule has 0 fully saturated rings. The Morgan fingerprint density at radius 2 is 1.90 bits per heavy atom. The van der Waals surface area contributed by atoms with Crippen molar-refractivity contribution in [3.8, 4) is 5.75 Å². The molecule has 0 aliphatic heterocycles. The molecule has 0 spiro atoms. The van der Waals surface area contributed by atoms with Gasteiger partial charge in [-0.25, -0.2) is 0 Å². The summed E-state index contributed by atoms with van der Waals surface area (Å²) in [7, 11) is 0. The maximum atomic E-state index is 10.7. The summed E-state index contributed by atoms with van der Waals surface area (Å²) < 4.78 is 5.66. The van der Waals surface area contributed by atoms with Gasteiger partial charge in [-0.3, -0.25) is 10.1 Å². The van der Waals surface area contributed by atoms with Gasteiger partial charge in [0.1, 0.15) is 18.0 Å². The molecular weight excluding hydrogens is 256 g/mol. The third kappa shape index (κ3) is 3.06. The number of nitrogens with two attached hydrogens (primary N) is 1. The number of hydrogen-bond donors (Lipinski definition) is 1. The number of aryl methyl sites for hydroxylation is 2. The van der Waals surface area contributed by atoms with Crippen molar-refractivity contribution in [3.63, 3.8) is 0 Å². The van der Waals surface area contributed by atoms with E-state index in [1.807, 2.05) is 32.0 Å². The van der Waals surface area contributed by atoms with Crippen LogP contribution in [0, 0.1) is 24.0 Å². The minimum atomic E-state index is -0.497. The van der Waals surface area contributed by atoms with Gasteiger partial charge in [-0.05, 0) is 54.8 Å². The second-order valence-corrected chi connectivity index (χ2v) is 4.69. The van der Waals surface area contributed by atoms with Gasteiger partial charge in [0.15, 0.2) is 0 Å². The van der Waals surface area contributed by atoms with Crippen molar-refractivity contribution in [2.24, 2.45) is 0 Å². The highest BCUT2D eigenvalue weighted by Gasteiger charge is 2.11. The Morgan fingerprint density at radius 3 is 2.50 bits per heavy atom. The molecule has 2 aromatic rings. The molecule has 2 N–H and O–H groups in total. The van der Waals surface area contributed by atoms with Crippen LogP contribution in [0.3, 0.4) is 0 Å². The van der Waals surface area contributed by atoms with Crippen LogP contribution in [-0.4, -0.2) is 4.92 Å². The van der Waals surface area contributed by atoms with E-state index in [0.717, 1.165) is 16.9 Å². The normalized spacial score (nSPS) is 10.3. The number of nitro groups is 1. The number of hydrogen-bond acceptors (Lipinski definition) is 4. The fourth-order valence-electron chi connectivity index (χ4n) is 1.83. The molecule has 0 saturated carbocycles. The van der Waals surface area contributed by atoms with Gasteiger partial charge in [0.05, 0.1) is 4.92 Å². The van der Waals surface area contributed by atoms with Crippen LogP contribution in [0.2, 0.25) is 0 Å². The van der Waals surface area contributed by atoms with Crippen LogP contribution >= 0.6 is 0 Å². The summed E-state index contributed by atoms with van der Waals surface area (Å²) in [6, 6.07) is 10.5. The number of rotatable bonds is 4. The Labute approximate surface area is 117 Å². The summed E-state index contributed by atoms with van der Waals surface area (Å²) in [6.45, 7) is 4.38. The molecule has 20 heavy (non-hydrogen) atoms. The molecule has 0 atom stereocenters. The number of benzene rings is 2. The fraction of sp³-hybridized carbons (Fsp3) is 0.200. The lowest BCUT2D eigenvalue weighted by Crippen LogP contribution is -2.00. The predicted molar refractivity (Wildman–Crippen MR) is 77.8 cm³/mol. The molecule has 0 amide bonds. The van der Waals surface area contributed by atoms with Crippen LogP contribution in [0.1, 0.15) is 16.7 Å². The van der Waals surface area contributed by atoms with Gasteiger partial charge >= 0.3 is 0 Å². The van der Waals surface area contributed by atoms with Gasteiger partial charge in [0.2, 0.25) is 0 Å². The van der Waals surface area contributed by atoms with Crippen molar-refractivity contribution in [3.05, 3.63) is 63.2 Å². The van der Waals surface area contributed by atoms with E-state index in [1.54, 1.807) is 12.1 Å². The maximum absolute atomic E-state index is 10.7. The number of nitrogens with zero attached hydrogens (tertiary/aromatic N) is 1. The van der Waals surface area contributed by atoms with Crippen LogP contribution in [-0.2, 0) is 6.61 Å². The molecule has 0 unspecified atom stereocenters. The van der Waals surface area contributed by atoms with Gasteiger partial charge < -0.3 is 10.5 Å². The first-order valence-electron chi connectivity index (χ1n) is 6.20. The van der Waals surface area contributed by atoms with Crippen molar-refractivity contribution in [1.82, 2.24) is 0 Å². The molecule has 104 valence electrons. The van der Waals surface area contributed by atoms with Crippen molar-refractivity contribution in [1.29, 1.82) is 0 Å². The fourth-order valence-corrected chi connectivity index (χ4v) is 1.83. The maximum Gasteiger partial charge on any atom is 0.292 e. The number of nitrogen functional groups attached to an aromatic ring is 1. The highest BCUT2D eigenvalue weighted by atomic mass is 16.6. The largest absolute Gasteiger partial charge is 0.489 e. The lowest BCUT2D eigenvalue weighted by Gasteiger charge is -2.09. The average Bonchev–Trinajstić information content (AvgIpc) is 2.40. The Hall–Kier alpha value is -2.56. The highest BCUT2D eigenvalue weighted by Crippen LogP contribution is 2.23. The second-order valence-electron chi connectivity index (χ2n) is 4.69. The van der Waals surface area contributed by atoms with E-state index >= 15 is 0 Å². The van der Waals surface area contributed by atoms with E-state index < -0.39 is 4.92 Å². The third-order valence-corrected chi connectivity index (χ3v) is 3.17. The minimum absolute atomic E-state index is 0.0834. The lowest BCUT2D eigenvalue weighted by molar-refractivity contribution is -0.383. The molecule has 0 saturated heterocycles. The van der Waals surface area contributed by atoms with Crippen LogP contribution in [0.15, 0.2) is 36.4 Å². The zero-order valence-electron chi connectivity index (χ0n) is 11.4. The van der Waals surface area contributed by atoms with Crippen molar-refractivity contribution < 1.29 is 9.66 Å². The van der Waals surface area contributed by atoms with E-state index in [-0.39, 0.29) is 11.4 Å². The molecule has 5 nitrogen and oxygen atoms in total. The molecule has 0 aliphatic carbocycles. The summed E-state index contributed by atoms with van der Waals surface area (Å²) in [5, 5.41) is 10.7. The first kappa shape index (κ1) is 13.9. The quantitative estimate of drug-likeness (QED) is 0.525. The second kappa shape index (κ2) is 5.61. The molecule has 0 radical (unpaired) electrons. The van der Waals surface area contributed by atoms with Crippen molar-refractivity contribution in [2.75, 3.05) is 5.73 Å². The smallest absolute Gasteiger partial charge is 0.292 e. The standard InChI is InChI=1S/C15H16N2O3/c1-10-3-5-13(7-11(10)2)20-9-12-4-6-15(17(18)19)14(16)8-12/h3-8H,9,16H2,1-2H3. The molecule has 2 rings (SSSR count). The first-order valence-corrected chi connectivity index (χ1v) is 6.20. The lowest BCUT2D eigenvalue weighted by atomic mass is 10.1. The Kier molecular flexibility index (Phi) is 3.89. The van der Waals surface area contributed by atoms with Crippen LogP contribution in [0.5, 0.6) is 5.75 Å². The topological polar surface area (TPSA) is 78.4 Å². The molecule has 0 aromatic heterocycles. The molecule has 0 heterocycles. The third-order valence-electron chi connectivity index (χ3n) is 3.17. The van der Waals surface area contributed by atoms with E-state index in [0.29, 0.717) is 6.61 Å². The first-order chi connectivity index (χ1) is 9.47. The number of anilines is 1. The zero-order valence-corrected chi connectivity index (χ0v) is 11.4. The molecule has 2 aromatic carbocycles. The van der Waals surface area contributed by atoms with Crippen molar-refractivity contribution >= 4 is 11.4 Å². The Bertz CT molecular complexity index is 654. The van der Waals surface area contributed by atoms with Crippen molar-refractivity contribution in [2.45, 2.75) is 20.5 Å². The van der Waals surface area contributed by atoms with Crippen LogP contribution in [0.4, 0.5) is 11.4 Å². The Morgan fingerprint density at radius 1 is 1.15 bits per heavy atom. The Balaban J connectivity index is 2.09. The van der Waals surface area contributed by atoms with E-state index in [4.69, 9.17) is 10.5 Å². The molecule has 5 heteroatoms. The molecule has 0 aliphatic rings. The molecular formula is C15H16N2O3. The van der Waals surface area contributed by atoms with E-state index in [2.05, 4.69) is 0 Å². The van der Waals surface area contributed by atoms with Gasteiger partial charge in [0.25, 0.3) is 5.69 Å². The van der Waals surface area contributed by atoms with Gasteiger partial charge in [-0.1, -0.05) is 6.07 Å². The monoisotopic (exact) mass is 272 g/mol. The number of nitro benzene ring substituents is 1. The summed E-state index contributed by atoms with van der Waals surface area (Å²) in [6.07, 6.45) is 0. The summed E-state index contributed by atoms with van der Waals surface area (Å²) in [5.41, 5.74) is 8.86. The zero-order chi connectivity index (χ0) is 14.7. The SMILES string of the molecule is Cc1ccc(OCc2ccc([N+](=O)[O-])c(N)c2)cc1C. The highest BCUT2D eigenvalue weighted by molar-refractivity contribution is 5.59. The van der Waals surface area contributed by atoms with E-state index in [1.165, 1.54) is 11.6 Å². The van der Waals surface area contributed by atoms with Crippen LogP contribution < -0.4 is 10.5 Å². The van der Waals surface area contributed by atoms with Gasteiger partial charge in [-0.15, -0.1) is 0 Å². The minimum Gasteiger partial charge on any atom is -0.489 e. The van der Waals surface area contributed by atoms with Gasteiger partial charge in [0, 0.05) is 6.07 Å². The van der Waals surface area contributed by atoms with Crippen LogP contribution in [0.25, 0.3) is 0 Å². The summed E-state index contributed by atoms with van der Waals surface area (Å²) in [4.78, 5) is 10.2. The van der Waals surface area contributed by atoms with E-state index in [9.17, 15) is 10.1 Å². The summed E-state index contributed by atoms with van der Waals surface area (Å²) in [5.74, 6) is 0.769. The number of ether oxygens (including phenoxy) is 1. The summed E-state index contributed by atoms with van der Waals surface area (Å²) >= 11 is 0. The predicted octanol–water partition coefficient (Wildman–Crippen LogP) is 3.37.